The third-order valence-corrected chi connectivity index (χ3v) is 2.42. The van der Waals surface area contributed by atoms with Crippen LogP contribution in [0.4, 0.5) is 14.5 Å². The van der Waals surface area contributed by atoms with Crippen LogP contribution in [0.25, 0.3) is 0 Å². The van der Waals surface area contributed by atoms with Crippen LogP contribution < -0.4 is 11.1 Å². The molecule has 0 unspecified atom stereocenters. The van der Waals surface area contributed by atoms with Crippen molar-refractivity contribution < 1.29 is 13.6 Å². The molecule has 0 aliphatic carbocycles. The maximum Gasteiger partial charge on any atom is 0.251 e. The molecule has 0 bridgehead atoms. The summed E-state index contributed by atoms with van der Waals surface area (Å²) in [6.45, 7) is 2.64. The first-order valence-electron chi connectivity index (χ1n) is 5.59. The molecule has 0 heterocycles. The van der Waals surface area contributed by atoms with Crippen LogP contribution in [0, 0.1) is 11.6 Å². The Balaban J connectivity index is 2.77. The van der Waals surface area contributed by atoms with Gasteiger partial charge >= 0.3 is 0 Å². The molecule has 1 amide bonds. The average Bonchev–Trinajstić information content (AvgIpc) is 2.26. The third kappa shape index (κ3) is 3.69. The van der Waals surface area contributed by atoms with Crippen molar-refractivity contribution in [1.82, 2.24) is 0 Å². The van der Waals surface area contributed by atoms with E-state index in [1.165, 1.54) is 0 Å². The number of carbonyl (C=O) groups is 1. The Morgan fingerprint density at radius 1 is 1.29 bits per heavy atom. The van der Waals surface area contributed by atoms with Crippen LogP contribution in [-0.2, 0) is 0 Å². The highest BCUT2D eigenvalue weighted by Crippen LogP contribution is 2.19. The van der Waals surface area contributed by atoms with E-state index in [0.717, 1.165) is 25.3 Å². The van der Waals surface area contributed by atoms with Gasteiger partial charge in [-0.05, 0) is 12.5 Å². The topological polar surface area (TPSA) is 55.1 Å². The zero-order valence-electron chi connectivity index (χ0n) is 9.72. The summed E-state index contributed by atoms with van der Waals surface area (Å²) in [5.41, 5.74) is 4.79. The molecule has 3 N–H and O–H groups in total. The van der Waals surface area contributed by atoms with Crippen LogP contribution in [0.15, 0.2) is 12.1 Å². The fraction of sp³-hybridized carbons (Fsp3) is 0.417. The molecule has 0 spiro atoms. The number of unbranched alkanes of at least 4 members (excludes halogenated alkanes) is 2. The highest BCUT2D eigenvalue weighted by molar-refractivity contribution is 5.94. The Kier molecular flexibility index (Phi) is 4.87. The van der Waals surface area contributed by atoms with Crippen LogP contribution in [0.2, 0.25) is 0 Å². The Morgan fingerprint density at radius 3 is 2.59 bits per heavy atom. The van der Waals surface area contributed by atoms with Crippen LogP contribution in [0.5, 0.6) is 0 Å². The summed E-state index contributed by atoms with van der Waals surface area (Å²) in [4.78, 5) is 10.9. The van der Waals surface area contributed by atoms with Gasteiger partial charge in [0.2, 0.25) is 0 Å². The van der Waals surface area contributed by atoms with Gasteiger partial charge in [-0.2, -0.15) is 0 Å². The Morgan fingerprint density at radius 2 is 2.00 bits per heavy atom. The second kappa shape index (κ2) is 6.18. The monoisotopic (exact) mass is 242 g/mol. The largest absolute Gasteiger partial charge is 0.383 e. The summed E-state index contributed by atoms with van der Waals surface area (Å²) in [6, 6.07) is 1.78. The predicted octanol–water partition coefficient (Wildman–Crippen LogP) is 2.67. The number of anilines is 1. The van der Waals surface area contributed by atoms with Gasteiger partial charge in [-0.15, -0.1) is 0 Å². The Hall–Kier alpha value is -1.65. The van der Waals surface area contributed by atoms with Crippen molar-refractivity contribution in [3.8, 4) is 0 Å². The molecule has 0 aromatic heterocycles. The summed E-state index contributed by atoms with van der Waals surface area (Å²) in [5.74, 6) is -2.56. The fourth-order valence-corrected chi connectivity index (χ4v) is 1.47. The average molecular weight is 242 g/mol. The zero-order valence-corrected chi connectivity index (χ0v) is 9.72. The molecule has 94 valence electrons. The van der Waals surface area contributed by atoms with E-state index in [1.807, 2.05) is 0 Å². The third-order valence-electron chi connectivity index (χ3n) is 2.42. The first-order valence-corrected chi connectivity index (χ1v) is 5.59. The highest BCUT2D eigenvalue weighted by atomic mass is 19.1. The number of halogens is 2. The molecular formula is C12H16F2N2O. The lowest BCUT2D eigenvalue weighted by Gasteiger charge is -2.09. The molecule has 0 aliphatic rings. The van der Waals surface area contributed by atoms with E-state index in [0.29, 0.717) is 12.6 Å². The van der Waals surface area contributed by atoms with Gasteiger partial charge < -0.3 is 11.1 Å². The van der Waals surface area contributed by atoms with E-state index in [9.17, 15) is 13.6 Å². The van der Waals surface area contributed by atoms with Gasteiger partial charge in [0.05, 0.1) is 11.3 Å². The Bertz CT molecular complexity index is 408. The lowest BCUT2D eigenvalue weighted by Crippen LogP contribution is -2.14. The van der Waals surface area contributed by atoms with Crippen molar-refractivity contribution in [3.05, 3.63) is 29.3 Å². The number of rotatable bonds is 6. The fourth-order valence-electron chi connectivity index (χ4n) is 1.47. The number of hydrogen-bond donors (Lipinski definition) is 2. The minimum atomic E-state index is -0.936. The maximum atomic E-state index is 13.3. The van der Waals surface area contributed by atoms with Crippen LogP contribution >= 0.6 is 0 Å². The molecule has 1 aromatic rings. The number of amides is 1. The van der Waals surface area contributed by atoms with Crippen molar-refractivity contribution in [3.63, 3.8) is 0 Å². The van der Waals surface area contributed by atoms with Crippen molar-refractivity contribution in [1.29, 1.82) is 0 Å². The molecule has 1 rings (SSSR count). The van der Waals surface area contributed by atoms with E-state index in [-0.39, 0.29) is 11.3 Å². The molecule has 0 atom stereocenters. The molecule has 5 heteroatoms. The quantitative estimate of drug-likeness (QED) is 0.753. The lowest BCUT2D eigenvalue weighted by atomic mass is 10.1. The van der Waals surface area contributed by atoms with Gasteiger partial charge in [0.15, 0.2) is 0 Å². The minimum absolute atomic E-state index is 0.108. The number of benzene rings is 1. The summed E-state index contributed by atoms with van der Waals surface area (Å²) >= 11 is 0. The summed E-state index contributed by atoms with van der Waals surface area (Å²) in [7, 11) is 0. The number of hydrogen-bond acceptors (Lipinski definition) is 2. The number of carbonyl (C=O) groups excluding carboxylic acids is 1. The molecule has 0 saturated carbocycles. The van der Waals surface area contributed by atoms with Crippen LogP contribution in [0.1, 0.15) is 36.5 Å². The molecule has 0 saturated heterocycles. The normalized spacial score (nSPS) is 10.3. The van der Waals surface area contributed by atoms with Crippen LogP contribution in [-0.4, -0.2) is 12.5 Å². The molecule has 1 aromatic carbocycles. The number of nitrogens with one attached hydrogen (secondary N) is 1. The smallest absolute Gasteiger partial charge is 0.251 e. The molecule has 0 fully saturated rings. The van der Waals surface area contributed by atoms with Gasteiger partial charge in [-0.1, -0.05) is 19.8 Å². The van der Waals surface area contributed by atoms with Gasteiger partial charge in [0, 0.05) is 12.6 Å². The number of primary amides is 1. The van der Waals surface area contributed by atoms with E-state index in [2.05, 4.69) is 12.2 Å². The van der Waals surface area contributed by atoms with Crippen LogP contribution in [0.3, 0.4) is 0 Å². The Labute approximate surface area is 99.0 Å². The second-order valence-corrected chi connectivity index (χ2v) is 3.81. The SMILES string of the molecule is CCCCCNc1cc(C(N)=O)c(F)cc1F. The number of nitrogens with two attached hydrogens (primary N) is 1. The van der Waals surface area contributed by atoms with Crippen molar-refractivity contribution in [2.75, 3.05) is 11.9 Å². The second-order valence-electron chi connectivity index (χ2n) is 3.81. The van der Waals surface area contributed by atoms with Gasteiger partial charge in [-0.25, -0.2) is 8.78 Å². The van der Waals surface area contributed by atoms with Gasteiger partial charge in [-0.3, -0.25) is 4.79 Å². The summed E-state index contributed by atoms with van der Waals surface area (Å²) in [5, 5.41) is 2.82. The summed E-state index contributed by atoms with van der Waals surface area (Å²) < 4.78 is 26.5. The predicted molar refractivity (Wildman–Crippen MR) is 62.9 cm³/mol. The van der Waals surface area contributed by atoms with E-state index in [4.69, 9.17) is 5.73 Å². The van der Waals surface area contributed by atoms with Crippen molar-refractivity contribution in [2.45, 2.75) is 26.2 Å². The molecule has 3 nitrogen and oxygen atoms in total. The van der Waals surface area contributed by atoms with Crippen molar-refractivity contribution >= 4 is 11.6 Å². The summed E-state index contributed by atoms with van der Waals surface area (Å²) in [6.07, 6.45) is 2.97. The van der Waals surface area contributed by atoms with Gasteiger partial charge in [0.1, 0.15) is 11.6 Å². The van der Waals surface area contributed by atoms with E-state index < -0.39 is 17.5 Å². The molecular weight excluding hydrogens is 226 g/mol. The molecule has 0 radical (unpaired) electrons. The highest BCUT2D eigenvalue weighted by Gasteiger charge is 2.13. The molecule has 17 heavy (non-hydrogen) atoms. The minimum Gasteiger partial charge on any atom is -0.383 e. The van der Waals surface area contributed by atoms with E-state index in [1.54, 1.807) is 0 Å². The first kappa shape index (κ1) is 13.4. The van der Waals surface area contributed by atoms with Gasteiger partial charge in [0.25, 0.3) is 5.91 Å². The van der Waals surface area contributed by atoms with Crippen molar-refractivity contribution in [2.24, 2.45) is 5.73 Å². The standard InChI is InChI=1S/C12H16F2N2O/c1-2-3-4-5-16-11-6-8(12(15)17)9(13)7-10(11)14/h6-7,16H,2-5H2,1H3,(H2,15,17). The first-order chi connectivity index (χ1) is 8.06. The molecule has 0 aliphatic heterocycles. The maximum absolute atomic E-state index is 13.3. The lowest BCUT2D eigenvalue weighted by molar-refractivity contribution is 0.0996. The zero-order chi connectivity index (χ0) is 12.8. The van der Waals surface area contributed by atoms with E-state index >= 15 is 0 Å².